The van der Waals surface area contributed by atoms with Crippen molar-refractivity contribution in [1.29, 1.82) is 0 Å². The highest BCUT2D eigenvalue weighted by atomic mass is 35.5. The second-order valence-corrected chi connectivity index (χ2v) is 7.39. The molecule has 2 heterocycles. The summed E-state index contributed by atoms with van der Waals surface area (Å²) in [6.07, 6.45) is 3.79. The van der Waals surface area contributed by atoms with Crippen molar-refractivity contribution in [2.75, 3.05) is 18.5 Å². The fourth-order valence-electron chi connectivity index (χ4n) is 2.16. The normalized spacial score (nSPS) is 11.1. The lowest BCUT2D eigenvalue weighted by molar-refractivity contribution is 0.552. The fraction of sp³-hybridized carbons (Fsp3) is 0.438. The molecule has 2 rings (SSSR count). The zero-order valence-electron chi connectivity index (χ0n) is 12.8. The number of anilines is 1. The van der Waals surface area contributed by atoms with Crippen LogP contribution in [-0.2, 0) is 13.1 Å². The molecule has 0 atom stereocenters. The Balaban J connectivity index is 2.04. The number of hydrogen-bond acceptors (Lipinski definition) is 4. The van der Waals surface area contributed by atoms with E-state index in [0.717, 1.165) is 24.0 Å². The molecule has 1 N–H and O–H groups in total. The van der Waals surface area contributed by atoms with Crippen LogP contribution in [0.5, 0.6) is 0 Å². The summed E-state index contributed by atoms with van der Waals surface area (Å²) in [7, 11) is 2.09. The minimum Gasteiger partial charge on any atom is -0.368 e. The van der Waals surface area contributed by atoms with E-state index in [-0.39, 0.29) is 0 Å². The van der Waals surface area contributed by atoms with Crippen LogP contribution in [0.3, 0.4) is 0 Å². The van der Waals surface area contributed by atoms with E-state index in [1.807, 2.05) is 18.5 Å². The first-order valence-electron chi connectivity index (χ1n) is 7.15. The summed E-state index contributed by atoms with van der Waals surface area (Å²) in [5, 5.41) is 3.49. The first-order chi connectivity index (χ1) is 10.1. The molecule has 2 aromatic rings. The summed E-state index contributed by atoms with van der Waals surface area (Å²) in [6.45, 7) is 7.16. The Kier molecular flexibility index (Phi) is 6.03. The van der Waals surface area contributed by atoms with Gasteiger partial charge in [-0.25, -0.2) is 0 Å². The topological polar surface area (TPSA) is 28.2 Å². The van der Waals surface area contributed by atoms with Crippen LogP contribution in [0.4, 0.5) is 5.69 Å². The first kappa shape index (κ1) is 16.3. The van der Waals surface area contributed by atoms with Gasteiger partial charge in [-0.2, -0.15) is 0 Å². The van der Waals surface area contributed by atoms with Crippen LogP contribution in [0.15, 0.2) is 30.6 Å². The quantitative estimate of drug-likeness (QED) is 0.828. The zero-order valence-corrected chi connectivity index (χ0v) is 14.3. The second kappa shape index (κ2) is 7.78. The summed E-state index contributed by atoms with van der Waals surface area (Å²) in [4.78, 5) is 7.74. The molecular formula is C16H22ClN3S. The summed E-state index contributed by atoms with van der Waals surface area (Å²) < 4.78 is 0.836. The van der Waals surface area contributed by atoms with E-state index >= 15 is 0 Å². The maximum absolute atomic E-state index is 6.00. The number of nitrogens with one attached hydrogen (secondary N) is 1. The van der Waals surface area contributed by atoms with Crippen LogP contribution < -0.4 is 10.2 Å². The summed E-state index contributed by atoms with van der Waals surface area (Å²) in [5.74, 6) is 0.654. The Hall–Kier alpha value is -1.10. The van der Waals surface area contributed by atoms with E-state index < -0.39 is 0 Å². The number of rotatable bonds is 7. The smallest absolute Gasteiger partial charge is 0.0931 e. The highest BCUT2D eigenvalue weighted by Gasteiger charge is 2.09. The van der Waals surface area contributed by atoms with Gasteiger partial charge in [0, 0.05) is 24.7 Å². The Labute approximate surface area is 136 Å². The lowest BCUT2D eigenvalue weighted by atomic mass is 10.2. The number of hydrogen-bond donors (Lipinski definition) is 1. The maximum Gasteiger partial charge on any atom is 0.0931 e. The van der Waals surface area contributed by atoms with E-state index in [4.69, 9.17) is 11.6 Å². The Morgan fingerprint density at radius 2 is 2.14 bits per heavy atom. The summed E-state index contributed by atoms with van der Waals surface area (Å²) in [5.41, 5.74) is 2.44. The monoisotopic (exact) mass is 323 g/mol. The predicted octanol–water partition coefficient (Wildman–Crippen LogP) is 4.18. The molecule has 0 aromatic carbocycles. The molecule has 0 radical (unpaired) electrons. The number of aromatic nitrogens is 1. The molecule has 21 heavy (non-hydrogen) atoms. The van der Waals surface area contributed by atoms with Gasteiger partial charge in [-0.1, -0.05) is 25.4 Å². The third-order valence-corrected chi connectivity index (χ3v) is 4.40. The molecule has 0 amide bonds. The van der Waals surface area contributed by atoms with Gasteiger partial charge in [0.25, 0.3) is 0 Å². The SMILES string of the molecule is CC(C)CNCc1ccncc1N(C)Cc1ccc(Cl)s1. The van der Waals surface area contributed by atoms with E-state index in [2.05, 4.69) is 48.2 Å². The molecule has 0 bridgehead atoms. The molecule has 0 aliphatic rings. The van der Waals surface area contributed by atoms with E-state index in [1.54, 1.807) is 11.3 Å². The van der Waals surface area contributed by atoms with Gasteiger partial charge in [-0.15, -0.1) is 11.3 Å². The van der Waals surface area contributed by atoms with Gasteiger partial charge in [-0.3, -0.25) is 4.98 Å². The lowest BCUT2D eigenvalue weighted by Gasteiger charge is -2.21. The predicted molar refractivity (Wildman–Crippen MR) is 92.2 cm³/mol. The molecule has 0 spiro atoms. The molecule has 0 saturated heterocycles. The van der Waals surface area contributed by atoms with Crippen molar-refractivity contribution in [1.82, 2.24) is 10.3 Å². The van der Waals surface area contributed by atoms with Gasteiger partial charge in [0.15, 0.2) is 0 Å². The number of thiophene rings is 1. The molecule has 0 saturated carbocycles. The highest BCUT2D eigenvalue weighted by Crippen LogP contribution is 2.25. The van der Waals surface area contributed by atoms with Crippen molar-refractivity contribution in [3.05, 3.63) is 45.4 Å². The zero-order chi connectivity index (χ0) is 15.2. The summed E-state index contributed by atoms with van der Waals surface area (Å²) in [6, 6.07) is 6.11. The van der Waals surface area contributed by atoms with Crippen molar-refractivity contribution in [2.24, 2.45) is 5.92 Å². The van der Waals surface area contributed by atoms with Gasteiger partial charge in [0.1, 0.15) is 0 Å². The van der Waals surface area contributed by atoms with Crippen LogP contribution in [0.1, 0.15) is 24.3 Å². The van der Waals surface area contributed by atoms with Crippen LogP contribution in [0.25, 0.3) is 0 Å². The molecule has 5 heteroatoms. The minimum atomic E-state index is 0.654. The number of nitrogens with zero attached hydrogens (tertiary/aromatic N) is 2. The maximum atomic E-state index is 6.00. The largest absolute Gasteiger partial charge is 0.368 e. The summed E-state index contributed by atoms with van der Waals surface area (Å²) >= 11 is 7.62. The molecule has 2 aromatic heterocycles. The van der Waals surface area contributed by atoms with E-state index in [0.29, 0.717) is 5.92 Å². The number of halogens is 1. The van der Waals surface area contributed by atoms with Gasteiger partial charge in [0.2, 0.25) is 0 Å². The van der Waals surface area contributed by atoms with E-state index in [1.165, 1.54) is 16.1 Å². The van der Waals surface area contributed by atoms with Crippen molar-refractivity contribution < 1.29 is 0 Å². The molecule has 0 unspecified atom stereocenters. The Morgan fingerprint density at radius 3 is 2.81 bits per heavy atom. The highest BCUT2D eigenvalue weighted by molar-refractivity contribution is 7.16. The molecular weight excluding hydrogens is 302 g/mol. The van der Waals surface area contributed by atoms with Crippen molar-refractivity contribution in [3.8, 4) is 0 Å². The molecule has 3 nitrogen and oxygen atoms in total. The van der Waals surface area contributed by atoms with Crippen LogP contribution in [-0.4, -0.2) is 18.6 Å². The standard InChI is InChI=1S/C16H22ClN3S/c1-12(2)8-19-9-13-6-7-18-10-15(13)20(3)11-14-4-5-16(17)21-14/h4-7,10,12,19H,8-9,11H2,1-3H3. The van der Waals surface area contributed by atoms with E-state index in [9.17, 15) is 0 Å². The second-order valence-electron chi connectivity index (χ2n) is 5.59. The molecule has 114 valence electrons. The lowest BCUT2D eigenvalue weighted by Crippen LogP contribution is -2.22. The average Bonchev–Trinajstić information content (AvgIpc) is 2.84. The minimum absolute atomic E-state index is 0.654. The molecule has 0 fully saturated rings. The van der Waals surface area contributed by atoms with Crippen molar-refractivity contribution in [2.45, 2.75) is 26.9 Å². The van der Waals surface area contributed by atoms with Crippen molar-refractivity contribution >= 4 is 28.6 Å². The fourth-order valence-corrected chi connectivity index (χ4v) is 3.30. The van der Waals surface area contributed by atoms with Crippen LogP contribution >= 0.6 is 22.9 Å². The Bertz CT molecular complexity index is 568. The molecule has 0 aliphatic carbocycles. The van der Waals surface area contributed by atoms with Gasteiger partial charge in [0.05, 0.1) is 22.8 Å². The third-order valence-electron chi connectivity index (χ3n) is 3.19. The van der Waals surface area contributed by atoms with Gasteiger partial charge < -0.3 is 10.2 Å². The average molecular weight is 324 g/mol. The van der Waals surface area contributed by atoms with Crippen LogP contribution in [0, 0.1) is 5.92 Å². The first-order valence-corrected chi connectivity index (χ1v) is 8.34. The van der Waals surface area contributed by atoms with Crippen molar-refractivity contribution in [3.63, 3.8) is 0 Å². The van der Waals surface area contributed by atoms with Gasteiger partial charge in [-0.05, 0) is 36.2 Å². The Morgan fingerprint density at radius 1 is 1.33 bits per heavy atom. The number of pyridine rings is 1. The van der Waals surface area contributed by atoms with Crippen LogP contribution in [0.2, 0.25) is 4.34 Å². The van der Waals surface area contributed by atoms with Gasteiger partial charge >= 0.3 is 0 Å². The molecule has 0 aliphatic heterocycles. The third kappa shape index (κ3) is 4.99.